The standard InChI is InChI=1S/C7H10O/c1-2-5-3-4(1)6-7(5)8-6/h4-7H,1-3H2/t4-,5-,6-,7-/m0/s1. The fourth-order valence-electron chi connectivity index (χ4n) is 2.54. The minimum atomic E-state index is 0.744. The van der Waals surface area contributed by atoms with Crippen molar-refractivity contribution < 1.29 is 4.74 Å². The van der Waals surface area contributed by atoms with Crippen LogP contribution >= 0.6 is 0 Å². The number of ether oxygens (including phenoxy) is 1. The van der Waals surface area contributed by atoms with Gasteiger partial charge in [0.1, 0.15) is 0 Å². The van der Waals surface area contributed by atoms with Gasteiger partial charge in [-0.2, -0.15) is 0 Å². The summed E-state index contributed by atoms with van der Waals surface area (Å²) in [6, 6.07) is 0. The Morgan fingerprint density at radius 2 is 1.62 bits per heavy atom. The third-order valence-corrected chi connectivity index (χ3v) is 3.00. The van der Waals surface area contributed by atoms with Crippen LogP contribution in [0.15, 0.2) is 0 Å². The Bertz CT molecular complexity index is 118. The lowest BCUT2D eigenvalue weighted by Crippen LogP contribution is -2.04. The maximum Gasteiger partial charge on any atom is 0.0872 e. The lowest BCUT2D eigenvalue weighted by Gasteiger charge is -1.99. The smallest absolute Gasteiger partial charge is 0.0872 e. The normalized spacial score (nSPS) is 66.0. The van der Waals surface area contributed by atoms with Crippen molar-refractivity contribution in [1.29, 1.82) is 0 Å². The molecule has 0 aromatic carbocycles. The number of epoxide rings is 1. The van der Waals surface area contributed by atoms with Crippen LogP contribution in [0.3, 0.4) is 0 Å². The lowest BCUT2D eigenvalue weighted by atomic mass is 10.0. The summed E-state index contributed by atoms with van der Waals surface area (Å²) in [7, 11) is 0. The van der Waals surface area contributed by atoms with Gasteiger partial charge in [-0.1, -0.05) is 0 Å². The Hall–Kier alpha value is -0.0400. The van der Waals surface area contributed by atoms with E-state index in [0.29, 0.717) is 0 Å². The van der Waals surface area contributed by atoms with Gasteiger partial charge in [-0.05, 0) is 31.1 Å². The molecule has 0 aromatic rings. The molecule has 0 aromatic heterocycles. The molecule has 4 atom stereocenters. The molecular formula is C7H10O. The molecule has 1 nitrogen and oxygen atoms in total. The molecule has 1 heterocycles. The van der Waals surface area contributed by atoms with Crippen molar-refractivity contribution in [3.63, 3.8) is 0 Å². The Morgan fingerprint density at radius 1 is 1.00 bits per heavy atom. The minimum Gasteiger partial charge on any atom is -0.369 e. The average molecular weight is 110 g/mol. The number of rotatable bonds is 0. The third kappa shape index (κ3) is 0.278. The summed E-state index contributed by atoms with van der Waals surface area (Å²) in [6.45, 7) is 0. The van der Waals surface area contributed by atoms with Crippen molar-refractivity contribution in [3.05, 3.63) is 0 Å². The van der Waals surface area contributed by atoms with Gasteiger partial charge < -0.3 is 4.74 Å². The summed E-state index contributed by atoms with van der Waals surface area (Å²) in [4.78, 5) is 0. The van der Waals surface area contributed by atoms with Gasteiger partial charge in [0, 0.05) is 0 Å². The van der Waals surface area contributed by atoms with E-state index < -0.39 is 0 Å². The highest BCUT2D eigenvalue weighted by molar-refractivity contribution is 5.07. The molecule has 1 saturated heterocycles. The Kier molecular flexibility index (Phi) is 0.472. The number of hydrogen-bond acceptors (Lipinski definition) is 1. The Labute approximate surface area is 49.0 Å². The molecule has 0 amide bonds. The SMILES string of the molecule is C1C[C@H]2C[C@H]1[C@@H]1O[C@@H]21. The molecule has 3 rings (SSSR count). The zero-order valence-corrected chi connectivity index (χ0v) is 4.84. The van der Waals surface area contributed by atoms with E-state index >= 15 is 0 Å². The van der Waals surface area contributed by atoms with E-state index in [0.717, 1.165) is 24.0 Å². The van der Waals surface area contributed by atoms with E-state index in [2.05, 4.69) is 0 Å². The number of fused-ring (bicyclic) bond motifs is 5. The monoisotopic (exact) mass is 110 g/mol. The topological polar surface area (TPSA) is 12.5 Å². The first-order valence-electron chi connectivity index (χ1n) is 3.60. The second-order valence-electron chi connectivity index (χ2n) is 3.40. The fraction of sp³-hybridized carbons (Fsp3) is 1.00. The highest BCUT2D eigenvalue weighted by Crippen LogP contribution is 2.55. The summed E-state index contributed by atoms with van der Waals surface area (Å²) in [5, 5.41) is 0. The highest BCUT2D eigenvalue weighted by atomic mass is 16.6. The average Bonchev–Trinajstić information content (AvgIpc) is 2.39. The van der Waals surface area contributed by atoms with Crippen LogP contribution in [0, 0.1) is 11.8 Å². The van der Waals surface area contributed by atoms with Crippen LogP contribution < -0.4 is 0 Å². The van der Waals surface area contributed by atoms with Crippen LogP contribution in [0.4, 0.5) is 0 Å². The van der Waals surface area contributed by atoms with Crippen molar-refractivity contribution in [2.45, 2.75) is 31.5 Å². The van der Waals surface area contributed by atoms with Crippen molar-refractivity contribution in [2.75, 3.05) is 0 Å². The summed E-state index contributed by atoms with van der Waals surface area (Å²) in [5.41, 5.74) is 0. The Morgan fingerprint density at radius 3 is 2.00 bits per heavy atom. The van der Waals surface area contributed by atoms with E-state index in [1.165, 1.54) is 19.3 Å². The first-order chi connectivity index (χ1) is 3.95. The molecule has 0 unspecified atom stereocenters. The van der Waals surface area contributed by atoms with E-state index in [1.54, 1.807) is 0 Å². The summed E-state index contributed by atoms with van der Waals surface area (Å²) in [5.74, 6) is 1.98. The lowest BCUT2D eigenvalue weighted by molar-refractivity contribution is 0.264. The van der Waals surface area contributed by atoms with Crippen molar-refractivity contribution in [3.8, 4) is 0 Å². The maximum absolute atomic E-state index is 5.44. The van der Waals surface area contributed by atoms with Crippen LogP contribution in [0.25, 0.3) is 0 Å². The van der Waals surface area contributed by atoms with Crippen LogP contribution in [0.1, 0.15) is 19.3 Å². The van der Waals surface area contributed by atoms with Gasteiger partial charge in [0.25, 0.3) is 0 Å². The first-order valence-corrected chi connectivity index (χ1v) is 3.60. The second kappa shape index (κ2) is 0.971. The maximum atomic E-state index is 5.44. The molecule has 0 spiro atoms. The zero-order chi connectivity index (χ0) is 5.14. The fourth-order valence-corrected chi connectivity index (χ4v) is 2.54. The van der Waals surface area contributed by atoms with Crippen LogP contribution in [0.5, 0.6) is 0 Å². The molecule has 1 aliphatic heterocycles. The first kappa shape index (κ1) is 3.89. The van der Waals surface area contributed by atoms with E-state index in [4.69, 9.17) is 4.74 Å². The van der Waals surface area contributed by atoms with Crippen LogP contribution in [-0.4, -0.2) is 12.2 Å². The molecule has 3 fully saturated rings. The largest absolute Gasteiger partial charge is 0.369 e. The Balaban J connectivity index is 2.02. The molecule has 2 bridgehead atoms. The van der Waals surface area contributed by atoms with Crippen molar-refractivity contribution in [2.24, 2.45) is 11.8 Å². The van der Waals surface area contributed by atoms with Crippen LogP contribution in [-0.2, 0) is 4.74 Å². The van der Waals surface area contributed by atoms with Crippen molar-refractivity contribution >= 4 is 0 Å². The van der Waals surface area contributed by atoms with Gasteiger partial charge in [0.05, 0.1) is 12.2 Å². The van der Waals surface area contributed by atoms with Gasteiger partial charge in [-0.25, -0.2) is 0 Å². The molecular weight excluding hydrogens is 100 g/mol. The van der Waals surface area contributed by atoms with Gasteiger partial charge >= 0.3 is 0 Å². The van der Waals surface area contributed by atoms with Gasteiger partial charge in [-0.15, -0.1) is 0 Å². The van der Waals surface area contributed by atoms with E-state index in [1.807, 2.05) is 0 Å². The summed E-state index contributed by atoms with van der Waals surface area (Å²) in [6.07, 6.45) is 5.91. The molecule has 0 radical (unpaired) electrons. The van der Waals surface area contributed by atoms with E-state index in [9.17, 15) is 0 Å². The van der Waals surface area contributed by atoms with Crippen LogP contribution in [0.2, 0.25) is 0 Å². The highest BCUT2D eigenvalue weighted by Gasteiger charge is 2.59. The van der Waals surface area contributed by atoms with Gasteiger partial charge in [0.15, 0.2) is 0 Å². The summed E-state index contributed by atoms with van der Waals surface area (Å²) >= 11 is 0. The predicted molar refractivity (Wildman–Crippen MR) is 29.5 cm³/mol. The summed E-state index contributed by atoms with van der Waals surface area (Å²) < 4.78 is 5.44. The molecule has 1 heteroatoms. The molecule has 0 N–H and O–H groups in total. The predicted octanol–water partition coefficient (Wildman–Crippen LogP) is 1.18. The minimum absolute atomic E-state index is 0.744. The molecule has 44 valence electrons. The second-order valence-corrected chi connectivity index (χ2v) is 3.40. The van der Waals surface area contributed by atoms with Gasteiger partial charge in [-0.3, -0.25) is 0 Å². The molecule has 8 heavy (non-hydrogen) atoms. The van der Waals surface area contributed by atoms with E-state index in [-0.39, 0.29) is 0 Å². The van der Waals surface area contributed by atoms with Crippen molar-refractivity contribution in [1.82, 2.24) is 0 Å². The van der Waals surface area contributed by atoms with Gasteiger partial charge in [0.2, 0.25) is 0 Å². The zero-order valence-electron chi connectivity index (χ0n) is 4.84. The molecule has 3 aliphatic rings. The molecule has 2 aliphatic carbocycles. The quantitative estimate of drug-likeness (QED) is 0.427. The third-order valence-electron chi connectivity index (χ3n) is 3.00. The molecule has 2 saturated carbocycles. The number of hydrogen-bond donors (Lipinski definition) is 0.